The molecule has 0 spiro atoms. The Kier molecular flexibility index (Phi) is 4.58. The fourth-order valence-electron chi connectivity index (χ4n) is 2.61. The average Bonchev–Trinajstić information content (AvgIpc) is 2.83. The van der Waals surface area contributed by atoms with Crippen molar-refractivity contribution in [1.29, 1.82) is 0 Å². The number of carbonyl (C=O) groups is 1. The SMILES string of the molecule is CC(C)N1CCCC(CNC(=O)c2cnn(C)c2)C1. The van der Waals surface area contributed by atoms with Crippen molar-refractivity contribution in [2.45, 2.75) is 32.7 Å². The van der Waals surface area contributed by atoms with Crippen LogP contribution in [0.25, 0.3) is 0 Å². The van der Waals surface area contributed by atoms with Gasteiger partial charge in [-0.05, 0) is 39.2 Å². The lowest BCUT2D eigenvalue weighted by Crippen LogP contribution is -2.43. The van der Waals surface area contributed by atoms with E-state index >= 15 is 0 Å². The van der Waals surface area contributed by atoms with Crippen molar-refractivity contribution in [2.24, 2.45) is 13.0 Å². The quantitative estimate of drug-likeness (QED) is 0.891. The molecule has 1 amide bonds. The zero-order valence-electron chi connectivity index (χ0n) is 12.1. The minimum Gasteiger partial charge on any atom is -0.352 e. The second-order valence-corrected chi connectivity index (χ2v) is 5.71. The van der Waals surface area contributed by atoms with Gasteiger partial charge in [-0.25, -0.2) is 0 Å². The molecule has 5 heteroatoms. The van der Waals surface area contributed by atoms with Crippen LogP contribution in [0.15, 0.2) is 12.4 Å². The number of aromatic nitrogens is 2. The van der Waals surface area contributed by atoms with Crippen LogP contribution in [0.3, 0.4) is 0 Å². The number of aryl methyl sites for hydroxylation is 1. The molecule has 1 aliphatic rings. The van der Waals surface area contributed by atoms with E-state index in [0.29, 0.717) is 17.5 Å². The van der Waals surface area contributed by atoms with Gasteiger partial charge in [-0.15, -0.1) is 0 Å². The van der Waals surface area contributed by atoms with E-state index in [-0.39, 0.29) is 5.91 Å². The van der Waals surface area contributed by atoms with Crippen LogP contribution in [-0.2, 0) is 7.05 Å². The lowest BCUT2D eigenvalue weighted by atomic mass is 9.97. The minimum absolute atomic E-state index is 0.0187. The highest BCUT2D eigenvalue weighted by molar-refractivity contribution is 5.93. The van der Waals surface area contributed by atoms with Crippen molar-refractivity contribution in [1.82, 2.24) is 20.0 Å². The maximum atomic E-state index is 11.9. The molecule has 5 nitrogen and oxygen atoms in total. The predicted molar refractivity (Wildman–Crippen MR) is 75.0 cm³/mol. The number of hydrogen-bond donors (Lipinski definition) is 1. The molecular weight excluding hydrogens is 240 g/mol. The first-order chi connectivity index (χ1) is 9.06. The monoisotopic (exact) mass is 264 g/mol. The lowest BCUT2D eigenvalue weighted by Gasteiger charge is -2.35. The molecule has 0 bridgehead atoms. The molecule has 106 valence electrons. The lowest BCUT2D eigenvalue weighted by molar-refractivity contribution is 0.0922. The van der Waals surface area contributed by atoms with Crippen LogP contribution in [0, 0.1) is 5.92 Å². The molecule has 1 aliphatic heterocycles. The smallest absolute Gasteiger partial charge is 0.254 e. The molecule has 0 aromatic carbocycles. The van der Waals surface area contributed by atoms with Crippen molar-refractivity contribution in [2.75, 3.05) is 19.6 Å². The first-order valence-electron chi connectivity index (χ1n) is 7.07. The number of hydrogen-bond acceptors (Lipinski definition) is 3. The van der Waals surface area contributed by atoms with Crippen molar-refractivity contribution < 1.29 is 4.79 Å². The Morgan fingerprint density at radius 3 is 3.00 bits per heavy atom. The van der Waals surface area contributed by atoms with E-state index in [1.807, 2.05) is 7.05 Å². The van der Waals surface area contributed by atoms with Crippen molar-refractivity contribution in [3.05, 3.63) is 18.0 Å². The van der Waals surface area contributed by atoms with Gasteiger partial charge in [-0.2, -0.15) is 5.10 Å². The Bertz CT molecular complexity index is 427. The summed E-state index contributed by atoms with van der Waals surface area (Å²) in [6.45, 7) is 7.50. The molecule has 1 N–H and O–H groups in total. The summed E-state index contributed by atoms with van der Waals surface area (Å²) in [6.07, 6.45) is 5.79. The van der Waals surface area contributed by atoms with Gasteiger partial charge in [0.1, 0.15) is 0 Å². The van der Waals surface area contributed by atoms with E-state index in [0.717, 1.165) is 13.1 Å². The van der Waals surface area contributed by atoms with E-state index in [1.165, 1.54) is 19.4 Å². The molecule has 1 unspecified atom stereocenters. The predicted octanol–water partition coefficient (Wildman–Crippen LogP) is 1.27. The third-order valence-electron chi connectivity index (χ3n) is 3.80. The van der Waals surface area contributed by atoms with Gasteiger partial charge < -0.3 is 10.2 Å². The van der Waals surface area contributed by atoms with E-state index in [1.54, 1.807) is 17.1 Å². The summed E-state index contributed by atoms with van der Waals surface area (Å²) in [7, 11) is 1.82. The van der Waals surface area contributed by atoms with E-state index in [9.17, 15) is 4.79 Å². The normalized spacial score (nSPS) is 20.7. The Morgan fingerprint density at radius 2 is 2.37 bits per heavy atom. The largest absolute Gasteiger partial charge is 0.352 e. The van der Waals surface area contributed by atoms with Crippen LogP contribution in [0.4, 0.5) is 0 Å². The fourth-order valence-corrected chi connectivity index (χ4v) is 2.61. The van der Waals surface area contributed by atoms with E-state index in [4.69, 9.17) is 0 Å². The highest BCUT2D eigenvalue weighted by atomic mass is 16.1. The van der Waals surface area contributed by atoms with Gasteiger partial charge in [0, 0.05) is 32.4 Å². The van der Waals surface area contributed by atoms with Gasteiger partial charge in [-0.3, -0.25) is 9.48 Å². The van der Waals surface area contributed by atoms with Crippen LogP contribution < -0.4 is 5.32 Å². The third kappa shape index (κ3) is 3.80. The maximum Gasteiger partial charge on any atom is 0.254 e. The first kappa shape index (κ1) is 14.1. The van der Waals surface area contributed by atoms with Crippen LogP contribution >= 0.6 is 0 Å². The standard InChI is InChI=1S/C14H24N4O/c1-11(2)18-6-4-5-12(9-18)7-15-14(19)13-8-16-17(3)10-13/h8,10-12H,4-7,9H2,1-3H3,(H,15,19). The van der Waals surface area contributed by atoms with Gasteiger partial charge in [0.05, 0.1) is 11.8 Å². The molecule has 19 heavy (non-hydrogen) atoms. The molecule has 1 saturated heterocycles. The number of piperidine rings is 1. The molecule has 2 rings (SSSR count). The van der Waals surface area contributed by atoms with Crippen LogP contribution in [0.2, 0.25) is 0 Å². The molecule has 0 aliphatic carbocycles. The van der Waals surface area contributed by atoms with Gasteiger partial charge in [0.2, 0.25) is 0 Å². The first-order valence-corrected chi connectivity index (χ1v) is 7.07. The van der Waals surface area contributed by atoms with Crippen LogP contribution in [-0.4, -0.2) is 46.3 Å². The van der Waals surface area contributed by atoms with Crippen LogP contribution in [0.1, 0.15) is 37.0 Å². The molecule has 1 aromatic heterocycles. The highest BCUT2D eigenvalue weighted by Gasteiger charge is 2.22. The topological polar surface area (TPSA) is 50.2 Å². The van der Waals surface area contributed by atoms with E-state index < -0.39 is 0 Å². The van der Waals surface area contributed by atoms with Crippen LogP contribution in [0.5, 0.6) is 0 Å². The molecule has 0 saturated carbocycles. The zero-order chi connectivity index (χ0) is 13.8. The molecule has 1 fully saturated rings. The van der Waals surface area contributed by atoms with Gasteiger partial charge in [0.25, 0.3) is 5.91 Å². The summed E-state index contributed by atoms with van der Waals surface area (Å²) in [5.41, 5.74) is 0.638. The summed E-state index contributed by atoms with van der Waals surface area (Å²) < 4.78 is 1.65. The van der Waals surface area contributed by atoms with Crippen molar-refractivity contribution in [3.8, 4) is 0 Å². The molecule has 2 heterocycles. The van der Waals surface area contributed by atoms with Gasteiger partial charge in [-0.1, -0.05) is 0 Å². The fraction of sp³-hybridized carbons (Fsp3) is 0.714. The third-order valence-corrected chi connectivity index (χ3v) is 3.80. The zero-order valence-corrected chi connectivity index (χ0v) is 12.1. The number of rotatable bonds is 4. The number of amides is 1. The number of nitrogens with zero attached hydrogens (tertiary/aromatic N) is 3. The summed E-state index contributed by atoms with van der Waals surface area (Å²) >= 11 is 0. The van der Waals surface area contributed by atoms with Gasteiger partial charge in [0.15, 0.2) is 0 Å². The van der Waals surface area contributed by atoms with Crippen molar-refractivity contribution >= 4 is 5.91 Å². The average molecular weight is 264 g/mol. The maximum absolute atomic E-state index is 11.9. The minimum atomic E-state index is -0.0187. The summed E-state index contributed by atoms with van der Waals surface area (Å²) in [5.74, 6) is 0.548. The Balaban J connectivity index is 1.80. The Morgan fingerprint density at radius 1 is 1.58 bits per heavy atom. The Labute approximate surface area is 115 Å². The number of likely N-dealkylation sites (tertiary alicyclic amines) is 1. The summed E-state index contributed by atoms with van der Waals surface area (Å²) in [4.78, 5) is 14.4. The Hall–Kier alpha value is -1.36. The summed E-state index contributed by atoms with van der Waals surface area (Å²) in [6, 6.07) is 0.594. The molecule has 1 aromatic rings. The second-order valence-electron chi connectivity index (χ2n) is 5.71. The molecule has 0 radical (unpaired) electrons. The van der Waals surface area contributed by atoms with Gasteiger partial charge >= 0.3 is 0 Å². The number of carbonyl (C=O) groups excluding carboxylic acids is 1. The molecule has 1 atom stereocenters. The molecular formula is C14H24N4O. The number of nitrogens with one attached hydrogen (secondary N) is 1. The summed E-state index contributed by atoms with van der Waals surface area (Å²) in [5, 5.41) is 7.04. The van der Waals surface area contributed by atoms with Crippen molar-refractivity contribution in [3.63, 3.8) is 0 Å². The van der Waals surface area contributed by atoms with E-state index in [2.05, 4.69) is 29.2 Å². The second kappa shape index (κ2) is 6.19. The highest BCUT2D eigenvalue weighted by Crippen LogP contribution is 2.17.